The first-order valence-corrected chi connectivity index (χ1v) is 20.9. The predicted octanol–water partition coefficient (Wildman–Crippen LogP) is 4.95. The van der Waals surface area contributed by atoms with Crippen molar-refractivity contribution in [3.63, 3.8) is 0 Å². The lowest BCUT2D eigenvalue weighted by Crippen LogP contribution is -2.54. The molecule has 3 fully saturated rings. The van der Waals surface area contributed by atoms with Gasteiger partial charge in [-0.05, 0) is 116 Å². The molecule has 5 aromatic rings. The fourth-order valence-electron chi connectivity index (χ4n) is 8.73. The molecular formula is C45H44N6O7S. The van der Waals surface area contributed by atoms with Crippen LogP contribution in [-0.2, 0) is 9.59 Å². The Bertz CT molecular complexity index is 2470. The molecule has 3 saturated heterocycles. The van der Waals surface area contributed by atoms with E-state index >= 15 is 0 Å². The van der Waals surface area contributed by atoms with Gasteiger partial charge in [-0.2, -0.15) is 0 Å². The summed E-state index contributed by atoms with van der Waals surface area (Å²) in [7, 11) is 0. The maximum atomic E-state index is 14.1. The molecule has 0 radical (unpaired) electrons. The first-order valence-electron chi connectivity index (χ1n) is 20.1. The molecule has 0 bridgehead atoms. The number of phenols is 2. The van der Waals surface area contributed by atoms with Crippen molar-refractivity contribution in [2.75, 3.05) is 75.2 Å². The summed E-state index contributed by atoms with van der Waals surface area (Å²) in [5.41, 5.74) is 4.59. The number of carbonyl (C=O) groups excluding carboxylic acids is 5. The number of anilines is 2. The molecular weight excluding hydrogens is 769 g/mol. The zero-order valence-corrected chi connectivity index (χ0v) is 33.2. The number of phenolic OH excluding ortho intramolecular Hbond substituents is 2. The summed E-state index contributed by atoms with van der Waals surface area (Å²) >= 11 is 1.45. The van der Waals surface area contributed by atoms with Crippen molar-refractivity contribution >= 4 is 62.2 Å². The van der Waals surface area contributed by atoms with Gasteiger partial charge in [-0.3, -0.25) is 44.0 Å². The van der Waals surface area contributed by atoms with Gasteiger partial charge in [0.2, 0.25) is 11.8 Å². The number of ketones is 1. The van der Waals surface area contributed by atoms with Crippen molar-refractivity contribution in [3.8, 4) is 21.9 Å². The van der Waals surface area contributed by atoms with Gasteiger partial charge in [0.1, 0.15) is 17.5 Å². The number of amides is 4. The molecule has 4 amide bonds. The first-order chi connectivity index (χ1) is 28.6. The Morgan fingerprint density at radius 3 is 1.95 bits per heavy atom. The molecule has 0 aliphatic carbocycles. The third-order valence-corrected chi connectivity index (χ3v) is 13.2. The molecule has 0 spiro atoms. The number of nitrogens with zero attached hydrogens (tertiary/aromatic N) is 5. The quantitative estimate of drug-likeness (QED) is 0.130. The summed E-state index contributed by atoms with van der Waals surface area (Å²) in [6.45, 7) is 9.11. The molecule has 5 heterocycles. The molecule has 59 heavy (non-hydrogen) atoms. The molecule has 1 atom stereocenters. The van der Waals surface area contributed by atoms with Crippen LogP contribution in [0.4, 0.5) is 11.4 Å². The molecule has 0 saturated carbocycles. The predicted molar refractivity (Wildman–Crippen MR) is 226 cm³/mol. The minimum absolute atomic E-state index is 0.0831. The van der Waals surface area contributed by atoms with Gasteiger partial charge in [0.25, 0.3) is 11.8 Å². The second-order valence-corrected chi connectivity index (χ2v) is 16.6. The van der Waals surface area contributed by atoms with Crippen molar-refractivity contribution < 1.29 is 34.2 Å². The molecule has 13 nitrogen and oxygen atoms in total. The number of piperidine rings is 1. The lowest BCUT2D eigenvalue weighted by atomic mass is 9.97. The maximum absolute atomic E-state index is 14.1. The first kappa shape index (κ1) is 38.4. The van der Waals surface area contributed by atoms with E-state index in [1.165, 1.54) is 11.3 Å². The topological polar surface area (TPSA) is 154 Å². The minimum Gasteiger partial charge on any atom is -0.508 e. The summed E-state index contributed by atoms with van der Waals surface area (Å²) in [6, 6.07) is 24.1. The van der Waals surface area contributed by atoms with E-state index in [-0.39, 0.29) is 30.1 Å². The lowest BCUT2D eigenvalue weighted by Gasteiger charge is -2.38. The minimum atomic E-state index is -0.973. The van der Waals surface area contributed by atoms with Gasteiger partial charge in [0.05, 0.1) is 11.1 Å². The van der Waals surface area contributed by atoms with Gasteiger partial charge < -0.3 is 20.0 Å². The van der Waals surface area contributed by atoms with E-state index in [0.29, 0.717) is 22.3 Å². The smallest absolute Gasteiger partial charge is 0.262 e. The third kappa shape index (κ3) is 7.55. The van der Waals surface area contributed by atoms with Crippen molar-refractivity contribution in [3.05, 3.63) is 107 Å². The summed E-state index contributed by atoms with van der Waals surface area (Å²) in [5.74, 6) is -1.76. The van der Waals surface area contributed by atoms with Crippen LogP contribution in [0.3, 0.4) is 0 Å². The van der Waals surface area contributed by atoms with Gasteiger partial charge >= 0.3 is 0 Å². The monoisotopic (exact) mass is 812 g/mol. The number of carbonyl (C=O) groups is 5. The highest BCUT2D eigenvalue weighted by Crippen LogP contribution is 2.42. The summed E-state index contributed by atoms with van der Waals surface area (Å²) in [5, 5.41) is 23.0. The number of piperazine rings is 2. The highest BCUT2D eigenvalue weighted by atomic mass is 32.1. The molecule has 3 N–H and O–H groups in total. The summed E-state index contributed by atoms with van der Waals surface area (Å²) in [4.78, 5) is 75.9. The molecule has 1 unspecified atom stereocenters. The van der Waals surface area contributed by atoms with Crippen molar-refractivity contribution in [1.29, 1.82) is 0 Å². The molecule has 4 aliphatic rings. The van der Waals surface area contributed by atoms with Crippen LogP contribution < -0.4 is 15.1 Å². The zero-order chi connectivity index (χ0) is 40.8. The number of hydrogen-bond acceptors (Lipinski definition) is 12. The van der Waals surface area contributed by atoms with Crippen LogP contribution in [-0.4, -0.2) is 126 Å². The number of nitrogens with one attached hydrogen (secondary N) is 1. The van der Waals surface area contributed by atoms with Gasteiger partial charge in [0, 0.05) is 96.2 Å². The van der Waals surface area contributed by atoms with E-state index in [1.807, 2.05) is 30.3 Å². The van der Waals surface area contributed by atoms with Crippen LogP contribution in [0.2, 0.25) is 0 Å². The van der Waals surface area contributed by atoms with Gasteiger partial charge in [-0.25, -0.2) is 0 Å². The molecule has 14 heteroatoms. The second-order valence-electron chi connectivity index (χ2n) is 15.6. The standard InChI is InChI=1S/C45H44N6O7S/c52-32-9-4-29(5-10-32)42-40(35-13-11-33(53)27-38(35)59-42)41(55)28-2-6-30(7-3-28)49-22-18-47(19-23-49)16-1-17-48-20-24-50(25-21-48)31-8-12-34-36(26-31)45(58)51(44(34)57)37-14-15-39(54)46-43(37)56/h2-13,26-27,37,52-53H,1,14-25H2,(H,46,54,56). The van der Waals surface area contributed by atoms with Crippen LogP contribution in [0, 0.1) is 0 Å². The number of imide groups is 2. The van der Waals surface area contributed by atoms with Crippen molar-refractivity contribution in [2.24, 2.45) is 0 Å². The SMILES string of the molecule is O=C1CCC(N2C(=O)c3ccc(N4CCN(CCCN5CCN(c6ccc(C(=O)c7c(-c8ccc(O)cc8)sc8cc(O)ccc78)cc6)CC5)CC4)cc3C2=O)C(=O)N1. The fraction of sp³-hybridized carbons (Fsp3) is 0.311. The van der Waals surface area contributed by atoms with E-state index in [9.17, 15) is 34.2 Å². The Kier molecular flexibility index (Phi) is 10.4. The van der Waals surface area contributed by atoms with Crippen LogP contribution in [0.1, 0.15) is 55.9 Å². The van der Waals surface area contributed by atoms with Gasteiger partial charge in [-0.15, -0.1) is 11.3 Å². The second kappa shape index (κ2) is 15.9. The Labute approximate surface area is 345 Å². The average Bonchev–Trinajstić information content (AvgIpc) is 3.74. The highest BCUT2D eigenvalue weighted by Gasteiger charge is 2.45. The summed E-state index contributed by atoms with van der Waals surface area (Å²) < 4.78 is 0.822. The molecule has 1 aromatic heterocycles. The van der Waals surface area contributed by atoms with E-state index in [1.54, 1.807) is 54.6 Å². The van der Waals surface area contributed by atoms with E-state index < -0.39 is 29.7 Å². The van der Waals surface area contributed by atoms with Crippen molar-refractivity contribution in [1.82, 2.24) is 20.0 Å². The Hall–Kier alpha value is -6.09. The van der Waals surface area contributed by atoms with Crippen LogP contribution in [0.15, 0.2) is 84.9 Å². The van der Waals surface area contributed by atoms with Crippen LogP contribution in [0.5, 0.6) is 11.5 Å². The zero-order valence-electron chi connectivity index (χ0n) is 32.4. The highest BCUT2D eigenvalue weighted by molar-refractivity contribution is 7.22. The Morgan fingerprint density at radius 2 is 1.29 bits per heavy atom. The molecule has 4 aromatic carbocycles. The van der Waals surface area contributed by atoms with Gasteiger partial charge in [-0.1, -0.05) is 0 Å². The van der Waals surface area contributed by atoms with Gasteiger partial charge in [0.15, 0.2) is 5.78 Å². The van der Waals surface area contributed by atoms with Crippen molar-refractivity contribution in [2.45, 2.75) is 25.3 Å². The third-order valence-electron chi connectivity index (χ3n) is 12.0. The number of thiophene rings is 1. The number of rotatable bonds is 10. The van der Waals surface area contributed by atoms with E-state index in [2.05, 4.69) is 24.9 Å². The Morgan fingerprint density at radius 1 is 0.678 bits per heavy atom. The van der Waals surface area contributed by atoms with Crippen LogP contribution in [0.25, 0.3) is 20.5 Å². The number of fused-ring (bicyclic) bond motifs is 2. The number of aromatic hydroxyl groups is 2. The fourth-order valence-corrected chi connectivity index (χ4v) is 9.97. The molecule has 9 rings (SSSR count). The number of benzene rings is 4. The van der Waals surface area contributed by atoms with E-state index in [4.69, 9.17) is 0 Å². The average molecular weight is 813 g/mol. The number of hydrogen-bond donors (Lipinski definition) is 3. The Balaban J connectivity index is 0.744. The van der Waals surface area contributed by atoms with Crippen LogP contribution >= 0.6 is 11.3 Å². The normalized spacial score (nSPS) is 19.1. The molecule has 302 valence electrons. The van der Waals surface area contributed by atoms with E-state index in [0.717, 1.165) is 109 Å². The maximum Gasteiger partial charge on any atom is 0.262 e. The summed E-state index contributed by atoms with van der Waals surface area (Å²) in [6.07, 6.45) is 1.29. The lowest BCUT2D eigenvalue weighted by molar-refractivity contribution is -0.136. The molecule has 4 aliphatic heterocycles. The largest absolute Gasteiger partial charge is 0.508 e.